The van der Waals surface area contributed by atoms with Crippen LogP contribution in [0.1, 0.15) is 32.3 Å². The van der Waals surface area contributed by atoms with E-state index in [1.54, 1.807) is 0 Å². The molecule has 1 aliphatic rings. The van der Waals surface area contributed by atoms with Gasteiger partial charge in [0.1, 0.15) is 0 Å². The van der Waals surface area contributed by atoms with Gasteiger partial charge in [-0.25, -0.2) is 4.79 Å². The Kier molecular flexibility index (Phi) is 3.29. The van der Waals surface area contributed by atoms with Crippen molar-refractivity contribution in [1.29, 1.82) is 0 Å². The molecule has 2 N–H and O–H groups in total. The van der Waals surface area contributed by atoms with Crippen LogP contribution in [-0.4, -0.2) is 12.1 Å². The molecule has 1 aromatic rings. The first kappa shape index (κ1) is 12.2. The van der Waals surface area contributed by atoms with Gasteiger partial charge in [-0.15, -0.1) is 0 Å². The zero-order valence-corrected chi connectivity index (χ0v) is 10.8. The van der Waals surface area contributed by atoms with E-state index in [1.807, 2.05) is 38.1 Å². The quantitative estimate of drug-likeness (QED) is 0.853. The molecule has 0 heterocycles. The second-order valence-corrected chi connectivity index (χ2v) is 5.22. The maximum absolute atomic E-state index is 11.7. The highest BCUT2D eigenvalue weighted by molar-refractivity contribution is 6.31. The van der Waals surface area contributed by atoms with Gasteiger partial charge in [-0.1, -0.05) is 29.8 Å². The van der Waals surface area contributed by atoms with Crippen LogP contribution in [0.3, 0.4) is 0 Å². The minimum Gasteiger partial charge on any atom is -0.336 e. The summed E-state index contributed by atoms with van der Waals surface area (Å²) in [5, 5.41) is 6.57. The predicted octanol–water partition coefficient (Wildman–Crippen LogP) is 3.04. The van der Waals surface area contributed by atoms with Crippen molar-refractivity contribution in [1.82, 2.24) is 10.6 Å². The monoisotopic (exact) mass is 252 g/mol. The van der Waals surface area contributed by atoms with E-state index in [0.717, 1.165) is 23.4 Å². The predicted molar refractivity (Wildman–Crippen MR) is 69.2 cm³/mol. The molecule has 1 saturated carbocycles. The van der Waals surface area contributed by atoms with Crippen molar-refractivity contribution in [3.05, 3.63) is 34.9 Å². The summed E-state index contributed by atoms with van der Waals surface area (Å²) in [6, 6.07) is 7.69. The summed E-state index contributed by atoms with van der Waals surface area (Å²) in [6.07, 6.45) is 1.89. The van der Waals surface area contributed by atoms with Gasteiger partial charge in [-0.3, -0.25) is 0 Å². The number of carbonyl (C=O) groups excluding carboxylic acids is 1. The first-order valence-corrected chi connectivity index (χ1v) is 6.25. The lowest BCUT2D eigenvalue weighted by molar-refractivity contribution is 0.233. The summed E-state index contributed by atoms with van der Waals surface area (Å²) in [5.74, 6) is 0. The van der Waals surface area contributed by atoms with Gasteiger partial charge in [0.05, 0.1) is 5.54 Å². The molecule has 0 atom stereocenters. The normalized spacial score (nSPS) is 16.7. The van der Waals surface area contributed by atoms with Crippen LogP contribution in [-0.2, 0) is 5.54 Å². The summed E-state index contributed by atoms with van der Waals surface area (Å²) in [6.45, 7) is 3.88. The lowest BCUT2D eigenvalue weighted by Gasteiger charge is -2.20. The molecule has 0 bridgehead atoms. The van der Waals surface area contributed by atoms with E-state index < -0.39 is 0 Å². The molecule has 17 heavy (non-hydrogen) atoms. The number of hydrogen-bond acceptors (Lipinski definition) is 1. The molecule has 2 rings (SSSR count). The fourth-order valence-corrected chi connectivity index (χ4v) is 2.27. The molecular weight excluding hydrogens is 236 g/mol. The van der Waals surface area contributed by atoms with Gasteiger partial charge in [-0.2, -0.15) is 0 Å². The fourth-order valence-electron chi connectivity index (χ4n) is 1.95. The fraction of sp³-hybridized carbons (Fsp3) is 0.462. The maximum atomic E-state index is 11.7. The summed E-state index contributed by atoms with van der Waals surface area (Å²) >= 11 is 6.17. The van der Waals surface area contributed by atoms with Gasteiger partial charge in [0.2, 0.25) is 0 Å². The Morgan fingerprint density at radius 1 is 1.35 bits per heavy atom. The SMILES string of the molecule is CC(C)NC(=O)NC1(c2ccccc2Cl)CC1. The average molecular weight is 253 g/mol. The molecule has 1 aliphatic carbocycles. The molecule has 92 valence electrons. The molecule has 3 nitrogen and oxygen atoms in total. The van der Waals surface area contributed by atoms with E-state index in [0.29, 0.717) is 0 Å². The number of carbonyl (C=O) groups is 1. The first-order valence-electron chi connectivity index (χ1n) is 5.87. The first-order chi connectivity index (χ1) is 8.03. The zero-order chi connectivity index (χ0) is 12.5. The largest absolute Gasteiger partial charge is 0.336 e. The minimum atomic E-state index is -0.253. The second-order valence-electron chi connectivity index (χ2n) is 4.82. The number of urea groups is 1. The molecule has 4 heteroatoms. The van der Waals surface area contributed by atoms with Crippen LogP contribution >= 0.6 is 11.6 Å². The van der Waals surface area contributed by atoms with E-state index in [-0.39, 0.29) is 17.6 Å². The van der Waals surface area contributed by atoms with Gasteiger partial charge in [-0.05, 0) is 38.3 Å². The average Bonchev–Trinajstić information content (AvgIpc) is 2.97. The molecule has 2 amide bonds. The molecule has 0 aliphatic heterocycles. The third-order valence-electron chi connectivity index (χ3n) is 2.91. The smallest absolute Gasteiger partial charge is 0.315 e. The van der Waals surface area contributed by atoms with E-state index in [4.69, 9.17) is 11.6 Å². The van der Waals surface area contributed by atoms with Gasteiger partial charge in [0.15, 0.2) is 0 Å². The Hall–Kier alpha value is -1.22. The Labute approximate surface area is 107 Å². The molecule has 0 aromatic heterocycles. The number of nitrogens with one attached hydrogen (secondary N) is 2. The summed E-state index contributed by atoms with van der Waals surface area (Å²) in [5.41, 5.74) is 0.762. The highest BCUT2D eigenvalue weighted by Crippen LogP contribution is 2.47. The molecular formula is C13H17ClN2O. The third-order valence-corrected chi connectivity index (χ3v) is 3.24. The highest BCUT2D eigenvalue weighted by atomic mass is 35.5. The van der Waals surface area contributed by atoms with Crippen molar-refractivity contribution < 1.29 is 4.79 Å². The standard InChI is InChI=1S/C13H17ClN2O/c1-9(2)15-12(17)16-13(7-8-13)10-5-3-4-6-11(10)14/h3-6,9H,7-8H2,1-2H3,(H2,15,16,17). The van der Waals surface area contributed by atoms with Crippen LogP contribution < -0.4 is 10.6 Å². The Morgan fingerprint density at radius 2 is 2.00 bits per heavy atom. The molecule has 1 fully saturated rings. The van der Waals surface area contributed by atoms with Gasteiger partial charge < -0.3 is 10.6 Å². The number of rotatable bonds is 3. The number of hydrogen-bond donors (Lipinski definition) is 2. The Balaban J connectivity index is 2.10. The lowest BCUT2D eigenvalue weighted by atomic mass is 10.1. The van der Waals surface area contributed by atoms with E-state index >= 15 is 0 Å². The van der Waals surface area contributed by atoms with E-state index in [2.05, 4.69) is 10.6 Å². The number of benzene rings is 1. The van der Waals surface area contributed by atoms with Crippen LogP contribution in [0, 0.1) is 0 Å². The lowest BCUT2D eigenvalue weighted by Crippen LogP contribution is -2.44. The number of amides is 2. The maximum Gasteiger partial charge on any atom is 0.315 e. The molecule has 0 saturated heterocycles. The van der Waals surface area contributed by atoms with E-state index in [1.165, 1.54) is 0 Å². The van der Waals surface area contributed by atoms with Gasteiger partial charge in [0.25, 0.3) is 0 Å². The number of halogens is 1. The molecule has 0 unspecified atom stereocenters. The summed E-state index contributed by atoms with van der Waals surface area (Å²) in [4.78, 5) is 11.7. The van der Waals surface area contributed by atoms with Gasteiger partial charge in [0, 0.05) is 11.1 Å². The minimum absolute atomic E-state index is 0.127. The van der Waals surface area contributed by atoms with Gasteiger partial charge >= 0.3 is 6.03 Å². The van der Waals surface area contributed by atoms with Crippen LogP contribution in [0.25, 0.3) is 0 Å². The Bertz CT molecular complexity index is 427. The molecule has 0 spiro atoms. The summed E-state index contributed by atoms with van der Waals surface area (Å²) < 4.78 is 0. The van der Waals surface area contributed by atoms with Crippen LogP contribution in [0.5, 0.6) is 0 Å². The van der Waals surface area contributed by atoms with Crippen molar-refractivity contribution in [3.63, 3.8) is 0 Å². The van der Waals surface area contributed by atoms with Crippen LogP contribution in [0.2, 0.25) is 5.02 Å². The van der Waals surface area contributed by atoms with Crippen LogP contribution in [0.4, 0.5) is 4.79 Å². The zero-order valence-electron chi connectivity index (χ0n) is 10.1. The second kappa shape index (κ2) is 4.57. The van der Waals surface area contributed by atoms with Crippen molar-refractivity contribution in [2.24, 2.45) is 0 Å². The summed E-state index contributed by atoms with van der Waals surface area (Å²) in [7, 11) is 0. The topological polar surface area (TPSA) is 41.1 Å². The Morgan fingerprint density at radius 3 is 2.53 bits per heavy atom. The van der Waals surface area contributed by atoms with Crippen molar-refractivity contribution in [2.45, 2.75) is 38.3 Å². The highest BCUT2D eigenvalue weighted by Gasteiger charge is 2.46. The van der Waals surface area contributed by atoms with Crippen molar-refractivity contribution in [2.75, 3.05) is 0 Å². The van der Waals surface area contributed by atoms with Crippen molar-refractivity contribution in [3.8, 4) is 0 Å². The molecule has 0 radical (unpaired) electrons. The van der Waals surface area contributed by atoms with E-state index in [9.17, 15) is 4.79 Å². The third kappa shape index (κ3) is 2.72. The molecule has 1 aromatic carbocycles. The van der Waals surface area contributed by atoms with Crippen molar-refractivity contribution >= 4 is 17.6 Å². The van der Waals surface area contributed by atoms with Crippen LogP contribution in [0.15, 0.2) is 24.3 Å².